The topological polar surface area (TPSA) is 38.7 Å². The minimum Gasteiger partial charge on any atom is -0.208 e. The summed E-state index contributed by atoms with van der Waals surface area (Å²) in [5.41, 5.74) is 12.4. The molecule has 0 saturated carbocycles. The van der Waals surface area contributed by atoms with E-state index in [0.29, 0.717) is 17.5 Å². The number of rotatable bonds is 7. The predicted octanol–water partition coefficient (Wildman–Crippen LogP) is 15.0. The Morgan fingerprint density at radius 3 is 1.05 bits per heavy atom. The van der Waals surface area contributed by atoms with Crippen LogP contribution in [0.15, 0.2) is 224 Å². The Morgan fingerprint density at radius 2 is 0.533 bits per heavy atom. The Kier molecular flexibility index (Phi) is 8.83. The lowest BCUT2D eigenvalue weighted by Gasteiger charge is -2.19. The van der Waals surface area contributed by atoms with E-state index in [1.165, 1.54) is 60.1 Å². The van der Waals surface area contributed by atoms with Gasteiger partial charge in [0, 0.05) is 16.7 Å². The van der Waals surface area contributed by atoms with Crippen molar-refractivity contribution in [2.75, 3.05) is 0 Å². The molecule has 0 atom stereocenters. The molecule has 0 N–H and O–H groups in total. The molecule has 0 aliphatic carbocycles. The Bertz CT molecular complexity index is 3310. The van der Waals surface area contributed by atoms with E-state index in [9.17, 15) is 0 Å². The van der Waals surface area contributed by atoms with Crippen molar-refractivity contribution in [1.29, 1.82) is 0 Å². The van der Waals surface area contributed by atoms with E-state index < -0.39 is 0 Å². The summed E-state index contributed by atoms with van der Waals surface area (Å²) < 4.78 is 0. The van der Waals surface area contributed by atoms with Gasteiger partial charge in [0.2, 0.25) is 0 Å². The fraction of sp³-hybridized carbons (Fsp3) is 0. The van der Waals surface area contributed by atoms with Gasteiger partial charge >= 0.3 is 0 Å². The van der Waals surface area contributed by atoms with Crippen molar-refractivity contribution >= 4 is 32.3 Å². The third kappa shape index (κ3) is 6.39. The van der Waals surface area contributed by atoms with Gasteiger partial charge in [-0.05, 0) is 76.8 Å². The maximum absolute atomic E-state index is 5.02. The first kappa shape index (κ1) is 35.2. The maximum atomic E-state index is 5.02. The van der Waals surface area contributed by atoms with Crippen LogP contribution in [0.3, 0.4) is 0 Å². The zero-order chi connectivity index (χ0) is 39.8. The van der Waals surface area contributed by atoms with E-state index in [-0.39, 0.29) is 0 Å². The highest BCUT2D eigenvalue weighted by molar-refractivity contribution is 6.27. The molecule has 10 aromatic carbocycles. The van der Waals surface area contributed by atoms with E-state index in [4.69, 9.17) is 15.0 Å². The maximum Gasteiger partial charge on any atom is 0.164 e. The van der Waals surface area contributed by atoms with Crippen molar-refractivity contribution in [3.63, 3.8) is 0 Å². The van der Waals surface area contributed by atoms with Crippen LogP contribution in [0.2, 0.25) is 0 Å². The summed E-state index contributed by atoms with van der Waals surface area (Å²) in [6.07, 6.45) is 0. The lowest BCUT2D eigenvalue weighted by atomic mass is 9.84. The van der Waals surface area contributed by atoms with Gasteiger partial charge in [-0.2, -0.15) is 0 Å². The molecule has 280 valence electrons. The number of aromatic nitrogens is 3. The molecule has 0 spiro atoms. The first-order valence-corrected chi connectivity index (χ1v) is 20.4. The highest BCUT2D eigenvalue weighted by Gasteiger charge is 2.19. The summed E-state index contributed by atoms with van der Waals surface area (Å²) >= 11 is 0. The highest BCUT2D eigenvalue weighted by Crippen LogP contribution is 2.46. The van der Waals surface area contributed by atoms with Crippen LogP contribution in [0.4, 0.5) is 0 Å². The van der Waals surface area contributed by atoms with Gasteiger partial charge in [0.1, 0.15) is 0 Å². The molecular formula is C57H37N3. The van der Waals surface area contributed by atoms with Gasteiger partial charge in [-0.3, -0.25) is 0 Å². The largest absolute Gasteiger partial charge is 0.208 e. The summed E-state index contributed by atoms with van der Waals surface area (Å²) in [5.74, 6) is 1.92. The third-order valence-corrected chi connectivity index (χ3v) is 11.5. The zero-order valence-corrected chi connectivity index (χ0v) is 32.7. The van der Waals surface area contributed by atoms with E-state index in [0.717, 1.165) is 33.4 Å². The molecule has 0 radical (unpaired) electrons. The lowest BCUT2D eigenvalue weighted by molar-refractivity contribution is 1.07. The Balaban J connectivity index is 0.969. The van der Waals surface area contributed by atoms with Crippen LogP contribution in [0, 0.1) is 0 Å². The molecule has 1 heterocycles. The molecule has 0 fully saturated rings. The molecule has 0 aliphatic heterocycles. The molecule has 0 saturated heterocycles. The van der Waals surface area contributed by atoms with Crippen LogP contribution in [-0.4, -0.2) is 15.0 Å². The zero-order valence-electron chi connectivity index (χ0n) is 32.7. The Hall–Kier alpha value is -8.01. The fourth-order valence-electron chi connectivity index (χ4n) is 8.60. The van der Waals surface area contributed by atoms with Crippen molar-refractivity contribution < 1.29 is 0 Å². The minimum atomic E-state index is 0.637. The fourth-order valence-corrected chi connectivity index (χ4v) is 8.60. The van der Waals surface area contributed by atoms with Gasteiger partial charge in [-0.1, -0.05) is 224 Å². The number of hydrogen-bond donors (Lipinski definition) is 0. The second kappa shape index (κ2) is 15.1. The molecule has 0 bridgehead atoms. The molecule has 11 rings (SSSR count). The van der Waals surface area contributed by atoms with Crippen LogP contribution >= 0.6 is 0 Å². The van der Waals surface area contributed by atoms with Gasteiger partial charge in [-0.25, -0.2) is 15.0 Å². The first-order chi connectivity index (χ1) is 29.7. The summed E-state index contributed by atoms with van der Waals surface area (Å²) in [5, 5.41) is 7.54. The molecule has 0 amide bonds. The van der Waals surface area contributed by atoms with Gasteiger partial charge in [0.05, 0.1) is 0 Å². The summed E-state index contributed by atoms with van der Waals surface area (Å²) in [7, 11) is 0. The van der Waals surface area contributed by atoms with Gasteiger partial charge in [0.15, 0.2) is 17.5 Å². The van der Waals surface area contributed by atoms with Crippen LogP contribution < -0.4 is 0 Å². The van der Waals surface area contributed by atoms with Crippen LogP contribution in [0.25, 0.3) is 111 Å². The van der Waals surface area contributed by atoms with Crippen LogP contribution in [0.1, 0.15) is 0 Å². The van der Waals surface area contributed by atoms with Crippen molar-refractivity contribution in [3.8, 4) is 78.7 Å². The van der Waals surface area contributed by atoms with Gasteiger partial charge in [-0.15, -0.1) is 0 Å². The second-order valence-corrected chi connectivity index (χ2v) is 15.1. The lowest BCUT2D eigenvalue weighted by Crippen LogP contribution is -2.00. The number of hydrogen-bond acceptors (Lipinski definition) is 3. The number of nitrogens with zero attached hydrogens (tertiary/aromatic N) is 3. The monoisotopic (exact) mass is 763 g/mol. The smallest absolute Gasteiger partial charge is 0.164 e. The number of fused-ring (bicyclic) bond motifs is 4. The molecular weight excluding hydrogens is 727 g/mol. The van der Waals surface area contributed by atoms with Crippen molar-refractivity contribution in [3.05, 3.63) is 224 Å². The molecule has 60 heavy (non-hydrogen) atoms. The van der Waals surface area contributed by atoms with E-state index in [1.54, 1.807) is 0 Å². The van der Waals surface area contributed by atoms with E-state index >= 15 is 0 Å². The molecule has 3 heteroatoms. The first-order valence-electron chi connectivity index (χ1n) is 20.4. The summed E-state index contributed by atoms with van der Waals surface area (Å²) in [6, 6.07) is 79.6. The quantitative estimate of drug-likeness (QED) is 0.120. The van der Waals surface area contributed by atoms with Crippen molar-refractivity contribution in [2.45, 2.75) is 0 Å². The normalized spacial score (nSPS) is 11.3. The molecule has 3 nitrogen and oxygen atoms in total. The molecule has 0 aliphatic rings. The average molecular weight is 764 g/mol. The van der Waals surface area contributed by atoms with Crippen molar-refractivity contribution in [2.24, 2.45) is 0 Å². The van der Waals surface area contributed by atoms with E-state index in [1.807, 2.05) is 36.4 Å². The van der Waals surface area contributed by atoms with Crippen molar-refractivity contribution in [1.82, 2.24) is 15.0 Å². The minimum absolute atomic E-state index is 0.637. The third-order valence-electron chi connectivity index (χ3n) is 11.5. The summed E-state index contributed by atoms with van der Waals surface area (Å²) in [4.78, 5) is 15.0. The van der Waals surface area contributed by atoms with Gasteiger partial charge < -0.3 is 0 Å². The SMILES string of the molecule is c1ccc(-c2ccc(-c3nc(-c4ccccc4)nc(-c4ccc(-c5ccc(-c6c7ccccc7c(-c7ccccc7)c7c6ccc6ccccc67)cc5)cc4)n3)cc2)cc1. The number of benzene rings is 10. The van der Waals surface area contributed by atoms with Gasteiger partial charge in [0.25, 0.3) is 0 Å². The average Bonchev–Trinajstić information content (AvgIpc) is 3.34. The predicted molar refractivity (Wildman–Crippen MR) is 250 cm³/mol. The Labute approximate surface area is 349 Å². The van der Waals surface area contributed by atoms with E-state index in [2.05, 4.69) is 188 Å². The van der Waals surface area contributed by atoms with Crippen LogP contribution in [0.5, 0.6) is 0 Å². The van der Waals surface area contributed by atoms with Crippen LogP contribution in [-0.2, 0) is 0 Å². The molecule has 11 aromatic rings. The molecule has 0 unspecified atom stereocenters. The Morgan fingerprint density at radius 1 is 0.200 bits per heavy atom. The second-order valence-electron chi connectivity index (χ2n) is 15.1. The molecule has 1 aromatic heterocycles. The standard InChI is InChI=1S/C57H37N3/c1-4-14-38(15-5-1)39-26-32-46(33-27-39)56-58-55(45-19-8-3-9-20-45)59-57(60-56)47-34-28-41(29-35-47)40-24-30-44(31-25-40)52-49-22-12-13-23-50(49)53(43-17-6-2-7-18-43)54-48-21-11-10-16-42(48)36-37-51(52)54/h1-37H. The summed E-state index contributed by atoms with van der Waals surface area (Å²) in [6.45, 7) is 0. The highest BCUT2D eigenvalue weighted by atomic mass is 15.0.